The van der Waals surface area contributed by atoms with Crippen molar-refractivity contribution in [2.45, 2.75) is 19.4 Å². The number of hydrogen-bond donors (Lipinski definition) is 0. The highest BCUT2D eigenvalue weighted by Gasteiger charge is 2.23. The summed E-state index contributed by atoms with van der Waals surface area (Å²) < 4.78 is 5.17. The predicted octanol–water partition coefficient (Wildman–Crippen LogP) is 5.10. The first-order valence-electron chi connectivity index (χ1n) is 9.75. The molecular formula is C22H18BrN3O2S2. The fraction of sp³-hybridized carbons (Fsp3) is 0.227. The van der Waals surface area contributed by atoms with E-state index in [0.29, 0.717) is 15.0 Å². The SMILES string of the molecule is O=C(Cn1c(=O)c2ccccc2n2c(=S)sc(-c3ccc(Br)cc3)c12)N1CCCC1. The van der Waals surface area contributed by atoms with Crippen LogP contribution in [-0.4, -0.2) is 32.9 Å². The number of rotatable bonds is 3. The first-order chi connectivity index (χ1) is 14.5. The van der Waals surface area contributed by atoms with E-state index >= 15 is 0 Å². The van der Waals surface area contributed by atoms with Gasteiger partial charge in [-0.05, 0) is 54.9 Å². The monoisotopic (exact) mass is 499 g/mol. The third-order valence-corrected chi connectivity index (χ3v) is 7.46. The van der Waals surface area contributed by atoms with E-state index in [1.54, 1.807) is 10.6 Å². The van der Waals surface area contributed by atoms with Crippen molar-refractivity contribution in [2.24, 2.45) is 0 Å². The molecule has 0 aliphatic carbocycles. The Morgan fingerprint density at radius 3 is 2.50 bits per heavy atom. The second kappa shape index (κ2) is 7.76. The lowest BCUT2D eigenvalue weighted by molar-refractivity contribution is -0.130. The van der Waals surface area contributed by atoms with Gasteiger partial charge in [0.15, 0.2) is 3.95 Å². The maximum atomic E-state index is 13.5. The molecule has 0 saturated carbocycles. The summed E-state index contributed by atoms with van der Waals surface area (Å²) in [5.74, 6) is -0.0225. The highest BCUT2D eigenvalue weighted by Crippen LogP contribution is 2.33. The topological polar surface area (TPSA) is 46.7 Å². The van der Waals surface area contributed by atoms with Crippen molar-refractivity contribution in [3.05, 3.63) is 67.3 Å². The van der Waals surface area contributed by atoms with Crippen molar-refractivity contribution < 1.29 is 4.79 Å². The van der Waals surface area contributed by atoms with Gasteiger partial charge in [0.2, 0.25) is 5.91 Å². The van der Waals surface area contributed by atoms with E-state index in [4.69, 9.17) is 12.2 Å². The van der Waals surface area contributed by atoms with Gasteiger partial charge in [-0.15, -0.1) is 11.3 Å². The van der Waals surface area contributed by atoms with Gasteiger partial charge in [-0.2, -0.15) is 0 Å². The van der Waals surface area contributed by atoms with Gasteiger partial charge in [0, 0.05) is 17.6 Å². The fourth-order valence-corrected chi connectivity index (χ4v) is 5.75. The predicted molar refractivity (Wildman–Crippen MR) is 127 cm³/mol. The lowest BCUT2D eigenvalue weighted by Crippen LogP contribution is -2.35. The molecular weight excluding hydrogens is 482 g/mol. The lowest BCUT2D eigenvalue weighted by atomic mass is 10.2. The van der Waals surface area contributed by atoms with E-state index in [1.165, 1.54) is 11.3 Å². The Bertz CT molecular complexity index is 1400. The zero-order valence-corrected chi connectivity index (χ0v) is 19.2. The number of hydrogen-bond acceptors (Lipinski definition) is 4. The normalized spacial score (nSPS) is 14.1. The van der Waals surface area contributed by atoms with Crippen LogP contribution in [0.4, 0.5) is 0 Å². The summed E-state index contributed by atoms with van der Waals surface area (Å²) in [6.45, 7) is 1.53. The van der Waals surface area contributed by atoms with Crippen LogP contribution in [0.25, 0.3) is 27.0 Å². The number of carbonyl (C=O) groups excluding carboxylic acids is 1. The Labute approximate surface area is 190 Å². The maximum absolute atomic E-state index is 13.5. The minimum Gasteiger partial charge on any atom is -0.341 e. The second-order valence-electron chi connectivity index (χ2n) is 7.36. The van der Waals surface area contributed by atoms with Crippen molar-refractivity contribution in [3.63, 3.8) is 0 Å². The number of halogens is 1. The van der Waals surface area contributed by atoms with Crippen LogP contribution < -0.4 is 5.56 Å². The van der Waals surface area contributed by atoms with Crippen LogP contribution in [0.2, 0.25) is 0 Å². The van der Waals surface area contributed by atoms with E-state index in [0.717, 1.165) is 46.4 Å². The van der Waals surface area contributed by atoms with Crippen molar-refractivity contribution >= 4 is 61.9 Å². The number of likely N-dealkylation sites (tertiary alicyclic amines) is 1. The molecule has 30 heavy (non-hydrogen) atoms. The van der Waals surface area contributed by atoms with Crippen LogP contribution >= 0.6 is 39.5 Å². The largest absolute Gasteiger partial charge is 0.341 e. The van der Waals surface area contributed by atoms with Gasteiger partial charge in [0.25, 0.3) is 5.56 Å². The summed E-state index contributed by atoms with van der Waals surface area (Å²) in [7, 11) is 0. The molecule has 0 bridgehead atoms. The molecule has 0 spiro atoms. The zero-order chi connectivity index (χ0) is 20.8. The fourth-order valence-electron chi connectivity index (χ4n) is 4.05. The molecule has 2 aromatic heterocycles. The second-order valence-corrected chi connectivity index (χ2v) is 9.92. The average molecular weight is 500 g/mol. The summed E-state index contributed by atoms with van der Waals surface area (Å²) in [5, 5.41) is 0.565. The van der Waals surface area contributed by atoms with E-state index < -0.39 is 0 Å². The molecule has 1 amide bonds. The number of thiazole rings is 1. The van der Waals surface area contributed by atoms with Gasteiger partial charge >= 0.3 is 0 Å². The number of benzene rings is 2. The number of fused-ring (bicyclic) bond motifs is 3. The summed E-state index contributed by atoms with van der Waals surface area (Å²) in [6.07, 6.45) is 2.03. The van der Waals surface area contributed by atoms with Crippen LogP contribution in [0.3, 0.4) is 0 Å². The quantitative estimate of drug-likeness (QED) is 0.368. The summed E-state index contributed by atoms with van der Waals surface area (Å²) >= 11 is 10.6. The van der Waals surface area contributed by atoms with Crippen LogP contribution in [0, 0.1) is 3.95 Å². The van der Waals surface area contributed by atoms with Gasteiger partial charge in [0.1, 0.15) is 12.2 Å². The Morgan fingerprint density at radius 1 is 1.07 bits per heavy atom. The Morgan fingerprint density at radius 2 is 1.77 bits per heavy atom. The van der Waals surface area contributed by atoms with E-state index in [-0.39, 0.29) is 18.0 Å². The molecule has 152 valence electrons. The van der Waals surface area contributed by atoms with Crippen molar-refractivity contribution in [1.82, 2.24) is 13.9 Å². The molecule has 1 aliphatic rings. The zero-order valence-electron chi connectivity index (χ0n) is 16.0. The van der Waals surface area contributed by atoms with Crippen molar-refractivity contribution in [1.29, 1.82) is 0 Å². The molecule has 5 rings (SSSR count). The van der Waals surface area contributed by atoms with Crippen molar-refractivity contribution in [3.8, 4) is 10.4 Å². The number of para-hydroxylation sites is 1. The van der Waals surface area contributed by atoms with Gasteiger partial charge in [-0.25, -0.2) is 0 Å². The van der Waals surface area contributed by atoms with E-state index in [2.05, 4.69) is 15.9 Å². The summed E-state index contributed by atoms with van der Waals surface area (Å²) in [5.41, 5.74) is 2.26. The average Bonchev–Trinajstić information content (AvgIpc) is 3.40. The Kier molecular flexibility index (Phi) is 5.08. The number of amides is 1. The highest BCUT2D eigenvalue weighted by molar-refractivity contribution is 9.10. The standard InChI is InChI=1S/C22H18BrN3O2S2/c23-15-9-7-14(8-10-15)19-20-25(13-18(27)24-11-3-4-12-24)21(28)16-5-1-2-6-17(16)26(20)22(29)30-19/h1-2,5-10H,3-4,11-13H2. The summed E-state index contributed by atoms with van der Waals surface area (Å²) in [4.78, 5) is 29.2. The van der Waals surface area contributed by atoms with E-state index in [9.17, 15) is 9.59 Å². The molecule has 0 radical (unpaired) electrons. The molecule has 4 aromatic rings. The lowest BCUT2D eigenvalue weighted by Gasteiger charge is -2.18. The maximum Gasteiger partial charge on any atom is 0.262 e. The van der Waals surface area contributed by atoms with Crippen molar-refractivity contribution in [2.75, 3.05) is 13.1 Å². The molecule has 8 heteroatoms. The smallest absolute Gasteiger partial charge is 0.262 e. The van der Waals surface area contributed by atoms with Gasteiger partial charge < -0.3 is 4.90 Å². The number of aromatic nitrogens is 2. The Hall–Kier alpha value is -2.29. The molecule has 0 N–H and O–H groups in total. The minimum atomic E-state index is -0.163. The van der Waals surface area contributed by atoms with E-state index in [1.807, 2.05) is 51.8 Å². The van der Waals surface area contributed by atoms with Gasteiger partial charge in [-0.3, -0.25) is 18.6 Å². The molecule has 2 aromatic carbocycles. The van der Waals surface area contributed by atoms with Crippen LogP contribution in [-0.2, 0) is 11.3 Å². The first kappa shape index (κ1) is 19.7. The molecule has 5 nitrogen and oxygen atoms in total. The Balaban J connectivity index is 1.82. The first-order valence-corrected chi connectivity index (χ1v) is 11.8. The molecule has 1 saturated heterocycles. The van der Waals surface area contributed by atoms with Gasteiger partial charge in [-0.1, -0.05) is 40.2 Å². The molecule has 3 heterocycles. The molecule has 0 unspecified atom stereocenters. The number of nitrogens with zero attached hydrogens (tertiary/aromatic N) is 3. The van der Waals surface area contributed by atoms with Crippen LogP contribution in [0.1, 0.15) is 12.8 Å². The molecule has 1 aliphatic heterocycles. The minimum absolute atomic E-state index is 0.0161. The highest BCUT2D eigenvalue weighted by atomic mass is 79.9. The van der Waals surface area contributed by atoms with Gasteiger partial charge in [0.05, 0.1) is 15.8 Å². The summed E-state index contributed by atoms with van der Waals surface area (Å²) in [6, 6.07) is 15.4. The third-order valence-electron chi connectivity index (χ3n) is 5.52. The number of carbonyl (C=O) groups is 1. The molecule has 1 fully saturated rings. The molecule has 0 atom stereocenters. The van der Waals surface area contributed by atoms with Crippen LogP contribution in [0.15, 0.2) is 57.8 Å². The van der Waals surface area contributed by atoms with Crippen LogP contribution in [0.5, 0.6) is 0 Å². The third kappa shape index (κ3) is 3.23.